The Balaban J connectivity index is 1.94. The van der Waals surface area contributed by atoms with Crippen LogP contribution in [0.3, 0.4) is 0 Å². The Morgan fingerprint density at radius 3 is 2.07 bits per heavy atom. The van der Waals surface area contributed by atoms with Gasteiger partial charge in [0.25, 0.3) is 0 Å². The zero-order chi connectivity index (χ0) is 33.5. The average molecular weight is 655 g/mol. The number of fused-ring (bicyclic) bond motifs is 6. The van der Waals surface area contributed by atoms with Crippen molar-refractivity contribution in [3.8, 4) is 0 Å². The maximum Gasteiger partial charge on any atom is 0.250 e. The van der Waals surface area contributed by atoms with E-state index in [9.17, 15) is 5.11 Å². The van der Waals surface area contributed by atoms with Crippen molar-refractivity contribution in [1.82, 2.24) is 0 Å². The first-order valence-corrected chi connectivity index (χ1v) is 22.8. The Morgan fingerprint density at radius 2 is 1.52 bits per heavy atom. The minimum atomic E-state index is -2.48. The van der Waals surface area contributed by atoms with Crippen molar-refractivity contribution in [1.29, 1.82) is 0 Å². The maximum atomic E-state index is 13.3. The van der Waals surface area contributed by atoms with Crippen LogP contribution in [-0.2, 0) is 27.8 Å². The van der Waals surface area contributed by atoms with Gasteiger partial charge in [-0.15, -0.1) is 0 Å². The zero-order valence-electron chi connectivity index (χ0n) is 31.0. The van der Waals surface area contributed by atoms with E-state index in [2.05, 4.69) is 94.6 Å². The lowest BCUT2D eigenvalue weighted by Gasteiger charge is -2.62. The lowest BCUT2D eigenvalue weighted by atomic mass is 9.49. The summed E-state index contributed by atoms with van der Waals surface area (Å²) in [5.41, 5.74) is -0.590. The van der Waals surface area contributed by atoms with Gasteiger partial charge in [0, 0.05) is 24.4 Å². The van der Waals surface area contributed by atoms with Crippen LogP contribution in [0.15, 0.2) is 11.8 Å². The summed E-state index contributed by atoms with van der Waals surface area (Å²) < 4.78 is 40.0. The van der Waals surface area contributed by atoms with Crippen LogP contribution < -0.4 is 0 Å². The summed E-state index contributed by atoms with van der Waals surface area (Å²) in [5, 5.41) is 13.2. The molecule has 2 bridgehead atoms. The van der Waals surface area contributed by atoms with E-state index in [-0.39, 0.29) is 52.2 Å². The van der Waals surface area contributed by atoms with Crippen molar-refractivity contribution in [2.24, 2.45) is 28.6 Å². The molecule has 256 valence electrons. The molecule has 2 saturated carbocycles. The largest absolute Gasteiger partial charge is 0.547 e. The van der Waals surface area contributed by atoms with Crippen LogP contribution in [0.1, 0.15) is 102 Å². The lowest BCUT2D eigenvalue weighted by molar-refractivity contribution is -0.324. The molecule has 9 heteroatoms. The summed E-state index contributed by atoms with van der Waals surface area (Å²) >= 11 is 0. The molecule has 0 amide bonds. The van der Waals surface area contributed by atoms with Crippen molar-refractivity contribution >= 4 is 16.6 Å². The number of ether oxygens (including phenoxy) is 4. The summed E-state index contributed by atoms with van der Waals surface area (Å²) in [6.07, 6.45) is 4.60. The van der Waals surface area contributed by atoms with Crippen molar-refractivity contribution in [3.05, 3.63) is 11.8 Å². The molecule has 0 aromatic carbocycles. The van der Waals surface area contributed by atoms with Crippen LogP contribution in [0.4, 0.5) is 0 Å². The van der Waals surface area contributed by atoms with Crippen molar-refractivity contribution in [3.63, 3.8) is 0 Å². The second-order valence-electron chi connectivity index (χ2n) is 18.7. The quantitative estimate of drug-likeness (QED) is 0.218. The van der Waals surface area contributed by atoms with Crippen molar-refractivity contribution in [2.45, 2.75) is 168 Å². The lowest BCUT2D eigenvalue weighted by Crippen LogP contribution is -2.69. The number of hydrogen-bond acceptors (Lipinski definition) is 7. The molecule has 1 heterocycles. The van der Waals surface area contributed by atoms with Crippen LogP contribution in [0.2, 0.25) is 36.3 Å². The van der Waals surface area contributed by atoms with Crippen LogP contribution in [-0.4, -0.2) is 65.5 Å². The minimum absolute atomic E-state index is 0.0681. The fraction of sp³-hybridized carbons (Fsp3) is 0.943. The highest BCUT2D eigenvalue weighted by Gasteiger charge is 2.69. The first kappa shape index (κ1) is 36.6. The third-order valence-corrected chi connectivity index (χ3v) is 21.7. The molecule has 4 aliphatic rings. The van der Waals surface area contributed by atoms with Gasteiger partial charge in [-0.3, -0.25) is 0 Å². The molecule has 3 aliphatic carbocycles. The second kappa shape index (κ2) is 11.4. The first-order valence-electron chi connectivity index (χ1n) is 17.0. The molecule has 0 unspecified atom stereocenters. The Morgan fingerprint density at radius 1 is 0.932 bits per heavy atom. The van der Waals surface area contributed by atoms with Crippen LogP contribution in [0.25, 0.3) is 0 Å². The third kappa shape index (κ3) is 6.19. The average Bonchev–Trinajstić information content (AvgIpc) is 3.15. The molecule has 4 rings (SSSR count). The maximum absolute atomic E-state index is 13.3. The summed E-state index contributed by atoms with van der Waals surface area (Å²) in [6.45, 7) is 33.9. The van der Waals surface area contributed by atoms with E-state index in [1.165, 1.54) is 0 Å². The molecular formula is C35H66O7Si2. The van der Waals surface area contributed by atoms with Gasteiger partial charge in [0.1, 0.15) is 12.9 Å². The first-order chi connectivity index (χ1) is 19.7. The van der Waals surface area contributed by atoms with Crippen LogP contribution in [0, 0.1) is 28.6 Å². The topological polar surface area (TPSA) is 75.6 Å². The van der Waals surface area contributed by atoms with E-state index in [0.717, 1.165) is 18.6 Å². The van der Waals surface area contributed by atoms with E-state index in [1.807, 2.05) is 13.8 Å². The van der Waals surface area contributed by atoms with E-state index >= 15 is 0 Å². The monoisotopic (exact) mass is 654 g/mol. The fourth-order valence-corrected chi connectivity index (χ4v) is 10.5. The molecule has 0 spiro atoms. The van der Waals surface area contributed by atoms with Crippen LogP contribution in [0.5, 0.6) is 0 Å². The number of rotatable bonds is 7. The molecule has 3 fully saturated rings. The molecule has 1 saturated heterocycles. The molecule has 7 nitrogen and oxygen atoms in total. The highest BCUT2D eigenvalue weighted by Crippen LogP contribution is 2.65. The van der Waals surface area contributed by atoms with E-state index in [0.29, 0.717) is 12.8 Å². The van der Waals surface area contributed by atoms with Gasteiger partial charge >= 0.3 is 0 Å². The summed E-state index contributed by atoms with van der Waals surface area (Å²) in [4.78, 5) is 0. The van der Waals surface area contributed by atoms with Crippen molar-refractivity contribution < 1.29 is 32.9 Å². The van der Waals surface area contributed by atoms with Gasteiger partial charge in [-0.25, -0.2) is 0 Å². The Hall–Kier alpha value is -0.266. The van der Waals surface area contributed by atoms with E-state index < -0.39 is 39.7 Å². The Kier molecular flexibility index (Phi) is 9.49. The number of methoxy groups -OCH3 is 1. The number of hydrogen-bond donors (Lipinski definition) is 1. The van der Waals surface area contributed by atoms with Gasteiger partial charge in [-0.05, 0) is 93.2 Å². The molecule has 0 radical (unpaired) electrons. The van der Waals surface area contributed by atoms with E-state index in [4.69, 9.17) is 27.8 Å². The summed E-state index contributed by atoms with van der Waals surface area (Å²) in [6, 6.07) is 0. The molecule has 8 atom stereocenters. The van der Waals surface area contributed by atoms with Gasteiger partial charge in [-0.2, -0.15) is 0 Å². The highest BCUT2D eigenvalue weighted by atomic mass is 28.4. The molecule has 0 aromatic heterocycles. The number of allylic oxidation sites excluding steroid dienone is 2. The fourth-order valence-electron chi connectivity index (χ4n) is 8.03. The highest BCUT2D eigenvalue weighted by molar-refractivity contribution is 6.74. The molecule has 44 heavy (non-hydrogen) atoms. The minimum Gasteiger partial charge on any atom is -0.547 e. The van der Waals surface area contributed by atoms with Gasteiger partial charge < -0.3 is 32.9 Å². The van der Waals surface area contributed by atoms with Crippen molar-refractivity contribution in [2.75, 3.05) is 13.9 Å². The van der Waals surface area contributed by atoms with Gasteiger partial charge in [0.15, 0.2) is 19.9 Å². The molecule has 1 N–H and O–H groups in total. The molecular weight excluding hydrogens is 589 g/mol. The predicted octanol–water partition coefficient (Wildman–Crippen LogP) is 8.59. The molecule has 1 aliphatic heterocycles. The van der Waals surface area contributed by atoms with E-state index in [1.54, 1.807) is 7.11 Å². The molecule has 0 aromatic rings. The Bertz CT molecular complexity index is 1090. The van der Waals surface area contributed by atoms with Gasteiger partial charge in [0.05, 0.1) is 18.0 Å². The zero-order valence-corrected chi connectivity index (χ0v) is 33.0. The summed E-state index contributed by atoms with van der Waals surface area (Å²) in [7, 11) is -2.98. The Labute approximate surface area is 271 Å². The predicted molar refractivity (Wildman–Crippen MR) is 181 cm³/mol. The SMILES string of the molecule is COCO[C@H]1CC[C@@]2(C)[C@H]3OC(C)(C)O[C@@H]3[C@@H]3CC=C(O[Si](C)(C)C(C)(C)C)[C@H](C[C@@H]2[C@]1(O)O[Si](C)(C)C(C)(C)C)C3(C)C. The number of aliphatic hydroxyl groups is 1. The summed E-state index contributed by atoms with van der Waals surface area (Å²) in [5.74, 6) is -1.14. The van der Waals surface area contributed by atoms with Gasteiger partial charge in [0.2, 0.25) is 8.32 Å². The third-order valence-electron chi connectivity index (χ3n) is 12.9. The van der Waals surface area contributed by atoms with Gasteiger partial charge in [-0.1, -0.05) is 62.3 Å². The smallest absolute Gasteiger partial charge is 0.250 e. The second-order valence-corrected chi connectivity index (χ2v) is 28.2. The normalized spacial score (nSPS) is 39.1. The standard InChI is InChI=1S/C35H66O7Si2/c1-30(2,3)43(13,14)41-25-18-17-23-28-29(40-33(9,10)39-28)34(11)20-19-27(38-22-37-12)35(36,42-44(15,16)31(4,5)6)26(34)21-24(25)32(23,7)8/h18,23-24,26-29,36H,17,19-22H2,1-16H3/t23-,24-,26-,27-,28+,29-,34+,35-/m0/s1. The van der Waals surface area contributed by atoms with Crippen LogP contribution >= 0.6 is 0 Å².